The lowest BCUT2D eigenvalue weighted by Gasteiger charge is -2.39. The maximum atomic E-state index is 12.7. The van der Waals surface area contributed by atoms with Crippen LogP contribution in [0.4, 0.5) is 0 Å². The second-order valence-electron chi connectivity index (χ2n) is 5.72. The highest BCUT2D eigenvalue weighted by Gasteiger charge is 2.41. The fourth-order valence-electron chi connectivity index (χ4n) is 2.73. The number of aryl methyl sites for hydroxylation is 2. The van der Waals surface area contributed by atoms with Gasteiger partial charge in [0.2, 0.25) is 0 Å². The molecule has 1 saturated heterocycles. The average molecular weight is 325 g/mol. The van der Waals surface area contributed by atoms with Crippen LogP contribution in [0.3, 0.4) is 0 Å². The van der Waals surface area contributed by atoms with Crippen LogP contribution in [-0.4, -0.2) is 52.2 Å². The molecular weight excluding hydrogens is 306 g/mol. The second kappa shape index (κ2) is 5.18. The first-order chi connectivity index (χ1) is 10.3. The molecule has 2 aromatic heterocycles. The minimum absolute atomic E-state index is 0.0561. The topological polar surface area (TPSA) is 93.1 Å². The molecule has 0 aliphatic carbocycles. The van der Waals surface area contributed by atoms with E-state index >= 15 is 0 Å². The number of hydrogen-bond acceptors (Lipinski definition) is 5. The number of H-pyrrole nitrogens is 1. The third-order valence-electron chi connectivity index (χ3n) is 3.88. The van der Waals surface area contributed by atoms with Crippen LogP contribution in [-0.2, 0) is 27.4 Å². The van der Waals surface area contributed by atoms with Crippen molar-refractivity contribution in [2.75, 3.05) is 19.7 Å². The maximum absolute atomic E-state index is 12.7. The summed E-state index contributed by atoms with van der Waals surface area (Å²) < 4.78 is 34.3. The molecular formula is C13H19N5O3S. The molecule has 0 saturated carbocycles. The lowest BCUT2D eigenvalue weighted by molar-refractivity contribution is -0.0850. The first kappa shape index (κ1) is 15.2. The molecule has 3 heterocycles. The van der Waals surface area contributed by atoms with Crippen molar-refractivity contribution >= 4 is 10.0 Å². The van der Waals surface area contributed by atoms with Crippen molar-refractivity contribution in [2.24, 2.45) is 7.05 Å². The Balaban J connectivity index is 1.92. The zero-order chi connectivity index (χ0) is 16.0. The normalized spacial score (nSPS) is 23.8. The van der Waals surface area contributed by atoms with E-state index in [1.54, 1.807) is 17.8 Å². The van der Waals surface area contributed by atoms with Gasteiger partial charge in [0.05, 0.1) is 24.8 Å². The molecule has 9 heteroatoms. The van der Waals surface area contributed by atoms with E-state index in [0.29, 0.717) is 13.2 Å². The zero-order valence-corrected chi connectivity index (χ0v) is 13.6. The Kier molecular flexibility index (Phi) is 3.58. The highest BCUT2D eigenvalue weighted by atomic mass is 32.2. The second-order valence-corrected chi connectivity index (χ2v) is 7.61. The molecule has 3 rings (SSSR count). The Morgan fingerprint density at radius 2 is 2.23 bits per heavy atom. The number of hydrogen-bond donors (Lipinski definition) is 1. The number of aromatic nitrogens is 4. The van der Waals surface area contributed by atoms with E-state index in [1.165, 1.54) is 16.8 Å². The van der Waals surface area contributed by atoms with E-state index in [9.17, 15) is 8.42 Å². The van der Waals surface area contributed by atoms with Gasteiger partial charge in [-0.05, 0) is 19.4 Å². The number of rotatable bonds is 3. The Hall–Kier alpha value is -1.71. The Labute approximate surface area is 129 Å². The molecule has 8 nitrogen and oxygen atoms in total. The van der Waals surface area contributed by atoms with E-state index in [1.807, 2.05) is 13.8 Å². The molecule has 2 aromatic rings. The highest BCUT2D eigenvalue weighted by Crippen LogP contribution is 2.32. The monoisotopic (exact) mass is 325 g/mol. The van der Waals surface area contributed by atoms with Crippen LogP contribution in [0, 0.1) is 6.92 Å². The fraction of sp³-hybridized carbons (Fsp3) is 0.538. The van der Waals surface area contributed by atoms with Crippen LogP contribution >= 0.6 is 0 Å². The Morgan fingerprint density at radius 1 is 1.45 bits per heavy atom. The van der Waals surface area contributed by atoms with Crippen molar-refractivity contribution in [3.05, 3.63) is 30.0 Å². The molecule has 22 heavy (non-hydrogen) atoms. The zero-order valence-electron chi connectivity index (χ0n) is 12.8. The van der Waals surface area contributed by atoms with E-state index in [0.717, 1.165) is 11.3 Å². The van der Waals surface area contributed by atoms with Crippen molar-refractivity contribution in [1.29, 1.82) is 0 Å². The molecule has 0 bridgehead atoms. The van der Waals surface area contributed by atoms with Crippen LogP contribution in [0.15, 0.2) is 23.7 Å². The summed E-state index contributed by atoms with van der Waals surface area (Å²) in [4.78, 5) is 3.96. The number of sulfonamides is 1. The fourth-order valence-corrected chi connectivity index (χ4v) is 4.20. The predicted molar refractivity (Wildman–Crippen MR) is 78.6 cm³/mol. The van der Waals surface area contributed by atoms with Gasteiger partial charge in [-0.25, -0.2) is 13.4 Å². The molecule has 0 aromatic carbocycles. The summed E-state index contributed by atoms with van der Waals surface area (Å²) in [6, 6.07) is 0. The van der Waals surface area contributed by atoms with Gasteiger partial charge in [-0.1, -0.05) is 0 Å². The number of morpholine rings is 1. The van der Waals surface area contributed by atoms with Crippen molar-refractivity contribution in [1.82, 2.24) is 24.1 Å². The first-order valence-corrected chi connectivity index (χ1v) is 8.39. The Morgan fingerprint density at radius 3 is 2.82 bits per heavy atom. The molecule has 120 valence electrons. The molecule has 0 spiro atoms. The first-order valence-electron chi connectivity index (χ1n) is 6.95. The van der Waals surface area contributed by atoms with Gasteiger partial charge in [-0.3, -0.25) is 5.10 Å². The molecule has 0 amide bonds. The molecule has 1 N–H and O–H groups in total. The van der Waals surface area contributed by atoms with Gasteiger partial charge in [-0.15, -0.1) is 0 Å². The van der Waals surface area contributed by atoms with Crippen molar-refractivity contribution in [2.45, 2.75) is 24.5 Å². The number of nitrogens with zero attached hydrogens (tertiary/aromatic N) is 4. The van der Waals surface area contributed by atoms with E-state index < -0.39 is 15.6 Å². The van der Waals surface area contributed by atoms with Crippen LogP contribution in [0.1, 0.15) is 18.2 Å². The summed E-state index contributed by atoms with van der Waals surface area (Å²) in [6.07, 6.45) is 4.69. The molecule has 1 fully saturated rings. The highest BCUT2D eigenvalue weighted by molar-refractivity contribution is 7.89. The van der Waals surface area contributed by atoms with Gasteiger partial charge < -0.3 is 9.30 Å². The third-order valence-corrected chi connectivity index (χ3v) is 5.61. The lowest BCUT2D eigenvalue weighted by atomic mass is 9.98. The third kappa shape index (κ3) is 2.44. The van der Waals surface area contributed by atoms with Crippen molar-refractivity contribution in [3.8, 4) is 0 Å². The number of imidazole rings is 1. The van der Waals surface area contributed by atoms with Gasteiger partial charge in [0.15, 0.2) is 5.03 Å². The van der Waals surface area contributed by atoms with Gasteiger partial charge >= 0.3 is 0 Å². The molecule has 1 atom stereocenters. The number of ether oxygens (including phenoxy) is 1. The number of nitrogens with one attached hydrogen (secondary N) is 1. The molecule has 0 radical (unpaired) electrons. The predicted octanol–water partition coefficient (Wildman–Crippen LogP) is 0.388. The van der Waals surface area contributed by atoms with E-state index in [4.69, 9.17) is 4.74 Å². The van der Waals surface area contributed by atoms with E-state index in [-0.39, 0.29) is 11.6 Å². The van der Waals surface area contributed by atoms with Gasteiger partial charge in [0.1, 0.15) is 5.60 Å². The summed E-state index contributed by atoms with van der Waals surface area (Å²) in [6.45, 7) is 4.63. The largest absolute Gasteiger partial charge is 0.366 e. The smallest absolute Gasteiger partial charge is 0.262 e. The van der Waals surface area contributed by atoms with Gasteiger partial charge in [0, 0.05) is 26.3 Å². The Bertz CT molecular complexity index is 781. The maximum Gasteiger partial charge on any atom is 0.262 e. The molecule has 0 unspecified atom stereocenters. The van der Waals surface area contributed by atoms with Crippen molar-refractivity contribution in [3.63, 3.8) is 0 Å². The summed E-state index contributed by atoms with van der Waals surface area (Å²) in [5.74, 6) is 0. The summed E-state index contributed by atoms with van der Waals surface area (Å²) >= 11 is 0. The van der Waals surface area contributed by atoms with E-state index in [2.05, 4.69) is 15.2 Å². The standard InChI is InChI=1S/C13H19N5O3S/c1-10-6-15-16-12(10)13(2)8-18(4-5-21-13)22(19,20)11-7-17(3)9-14-11/h6-7,9H,4-5,8H2,1-3H3,(H,15,16)/t13-/m0/s1. The molecule has 1 aliphatic rings. The van der Waals surface area contributed by atoms with Crippen LogP contribution < -0.4 is 0 Å². The van der Waals surface area contributed by atoms with Crippen molar-refractivity contribution < 1.29 is 13.2 Å². The minimum Gasteiger partial charge on any atom is -0.366 e. The van der Waals surface area contributed by atoms with Crippen LogP contribution in [0.5, 0.6) is 0 Å². The van der Waals surface area contributed by atoms with Gasteiger partial charge in [-0.2, -0.15) is 9.40 Å². The summed E-state index contributed by atoms with van der Waals surface area (Å²) in [5, 5.41) is 6.97. The lowest BCUT2D eigenvalue weighted by Crippen LogP contribution is -2.50. The minimum atomic E-state index is -3.63. The van der Waals surface area contributed by atoms with Gasteiger partial charge in [0.25, 0.3) is 10.0 Å². The van der Waals surface area contributed by atoms with Crippen LogP contribution in [0.25, 0.3) is 0 Å². The quantitative estimate of drug-likeness (QED) is 0.881. The SMILES string of the molecule is Cc1cn[nH]c1[C@]1(C)CN(S(=O)(=O)c2cn(C)cn2)CCO1. The summed E-state index contributed by atoms with van der Waals surface area (Å²) in [5.41, 5.74) is 0.994. The molecule has 1 aliphatic heterocycles. The van der Waals surface area contributed by atoms with Crippen LogP contribution in [0.2, 0.25) is 0 Å². The number of aromatic amines is 1. The summed E-state index contributed by atoms with van der Waals surface area (Å²) in [7, 11) is -1.89. The average Bonchev–Trinajstić information content (AvgIpc) is 3.08.